The maximum atomic E-state index is 11.8. The number of aliphatic hydroxyl groups excluding tert-OH is 2. The van der Waals surface area contributed by atoms with Crippen LogP contribution in [0, 0.1) is 0 Å². The lowest BCUT2D eigenvalue weighted by Gasteiger charge is -2.27. The third-order valence-corrected chi connectivity index (χ3v) is 3.33. The van der Waals surface area contributed by atoms with Crippen LogP contribution in [0.4, 0.5) is 0 Å². The molecule has 2 rings (SSSR count). The summed E-state index contributed by atoms with van der Waals surface area (Å²) in [6.07, 6.45) is -2.10. The molecule has 4 unspecified atom stereocenters. The SMILES string of the molecule is COC1C(n2ccc(=O)[nH]c2=O)OC(CO)(OC)C1O. The smallest absolute Gasteiger partial charge is 0.330 e. The van der Waals surface area contributed by atoms with Crippen LogP contribution in [0.2, 0.25) is 0 Å². The van der Waals surface area contributed by atoms with Gasteiger partial charge in [0.1, 0.15) is 18.8 Å². The maximum Gasteiger partial charge on any atom is 0.330 e. The molecule has 1 aromatic rings. The summed E-state index contributed by atoms with van der Waals surface area (Å²) in [4.78, 5) is 24.9. The van der Waals surface area contributed by atoms with Crippen molar-refractivity contribution in [3.8, 4) is 0 Å². The molecule has 0 bridgehead atoms. The van der Waals surface area contributed by atoms with Gasteiger partial charge < -0.3 is 24.4 Å². The molecular weight excluding hydrogens is 272 g/mol. The van der Waals surface area contributed by atoms with E-state index in [0.717, 1.165) is 10.6 Å². The zero-order valence-electron chi connectivity index (χ0n) is 11.0. The molecule has 1 fully saturated rings. The van der Waals surface area contributed by atoms with Gasteiger partial charge in [0.2, 0.25) is 5.79 Å². The predicted molar refractivity (Wildman–Crippen MR) is 65.1 cm³/mol. The van der Waals surface area contributed by atoms with Crippen LogP contribution in [0.5, 0.6) is 0 Å². The second kappa shape index (κ2) is 5.46. The summed E-state index contributed by atoms with van der Waals surface area (Å²) >= 11 is 0. The largest absolute Gasteiger partial charge is 0.391 e. The van der Waals surface area contributed by atoms with Crippen molar-refractivity contribution in [2.24, 2.45) is 0 Å². The molecule has 0 spiro atoms. The number of rotatable bonds is 4. The maximum absolute atomic E-state index is 11.8. The normalized spacial score (nSPS) is 33.5. The molecule has 0 aromatic carbocycles. The summed E-state index contributed by atoms with van der Waals surface area (Å²) in [6, 6.07) is 1.13. The minimum Gasteiger partial charge on any atom is -0.391 e. The van der Waals surface area contributed by atoms with E-state index in [2.05, 4.69) is 4.98 Å². The number of nitrogens with one attached hydrogen (secondary N) is 1. The number of aliphatic hydroxyl groups is 2. The van der Waals surface area contributed by atoms with Crippen LogP contribution in [-0.4, -0.2) is 58.6 Å². The molecule has 3 N–H and O–H groups in total. The van der Waals surface area contributed by atoms with Crippen molar-refractivity contribution in [3.63, 3.8) is 0 Å². The zero-order valence-corrected chi connectivity index (χ0v) is 11.0. The van der Waals surface area contributed by atoms with Gasteiger partial charge in [-0.15, -0.1) is 0 Å². The van der Waals surface area contributed by atoms with Crippen LogP contribution in [-0.2, 0) is 14.2 Å². The fraction of sp³-hybridized carbons (Fsp3) is 0.636. The van der Waals surface area contributed by atoms with Gasteiger partial charge in [-0.2, -0.15) is 0 Å². The van der Waals surface area contributed by atoms with Gasteiger partial charge in [0.25, 0.3) is 5.56 Å². The number of hydrogen-bond donors (Lipinski definition) is 3. The number of aromatic amines is 1. The number of ether oxygens (including phenoxy) is 3. The summed E-state index contributed by atoms with van der Waals surface area (Å²) in [5.74, 6) is -1.69. The molecule has 112 valence electrons. The highest BCUT2D eigenvalue weighted by Gasteiger charge is 2.56. The predicted octanol–water partition coefficient (Wildman–Crippen LogP) is -2.22. The Labute approximate surface area is 113 Å². The van der Waals surface area contributed by atoms with Crippen molar-refractivity contribution in [2.75, 3.05) is 20.8 Å². The molecule has 1 aliphatic heterocycles. The fourth-order valence-electron chi connectivity index (χ4n) is 2.20. The van der Waals surface area contributed by atoms with Gasteiger partial charge in [-0.25, -0.2) is 4.79 Å². The van der Waals surface area contributed by atoms with Gasteiger partial charge in [-0.1, -0.05) is 0 Å². The van der Waals surface area contributed by atoms with Crippen LogP contribution in [0.15, 0.2) is 21.9 Å². The van der Waals surface area contributed by atoms with E-state index < -0.39 is 42.1 Å². The van der Waals surface area contributed by atoms with Crippen molar-refractivity contribution in [1.82, 2.24) is 9.55 Å². The Morgan fingerprint density at radius 1 is 1.50 bits per heavy atom. The summed E-state index contributed by atoms with van der Waals surface area (Å²) in [5, 5.41) is 19.5. The molecule has 9 nitrogen and oxygen atoms in total. The van der Waals surface area contributed by atoms with Crippen LogP contribution in [0.25, 0.3) is 0 Å². The van der Waals surface area contributed by atoms with E-state index in [-0.39, 0.29) is 0 Å². The highest BCUT2D eigenvalue weighted by atomic mass is 16.7. The molecule has 0 amide bonds. The second-order valence-electron chi connectivity index (χ2n) is 4.35. The second-order valence-corrected chi connectivity index (χ2v) is 4.35. The van der Waals surface area contributed by atoms with E-state index in [4.69, 9.17) is 14.2 Å². The Balaban J connectivity index is 2.46. The molecule has 9 heteroatoms. The minimum absolute atomic E-state index is 0.557. The molecule has 0 aliphatic carbocycles. The molecular formula is C11H16N2O7. The standard InChI is InChI=1S/C11H16N2O7/c1-18-7-8(16)11(5-14,19-2)20-9(7)13-4-3-6(15)12-10(13)17/h3-4,7-9,14,16H,5H2,1-2H3,(H,12,15,17). The Morgan fingerprint density at radius 2 is 2.20 bits per heavy atom. The van der Waals surface area contributed by atoms with Gasteiger partial charge in [0.05, 0.1) is 0 Å². The number of nitrogens with zero attached hydrogens (tertiary/aromatic N) is 1. The van der Waals surface area contributed by atoms with Gasteiger partial charge in [0.15, 0.2) is 6.23 Å². The lowest BCUT2D eigenvalue weighted by atomic mass is 10.1. The van der Waals surface area contributed by atoms with Crippen molar-refractivity contribution < 1.29 is 24.4 Å². The monoisotopic (exact) mass is 288 g/mol. The van der Waals surface area contributed by atoms with Gasteiger partial charge in [-0.3, -0.25) is 14.3 Å². The molecule has 0 radical (unpaired) electrons. The molecule has 1 aliphatic rings. The summed E-state index contributed by atoms with van der Waals surface area (Å²) < 4.78 is 16.6. The molecule has 1 aromatic heterocycles. The lowest BCUT2D eigenvalue weighted by Crippen LogP contribution is -2.48. The van der Waals surface area contributed by atoms with E-state index in [1.54, 1.807) is 0 Å². The van der Waals surface area contributed by atoms with Crippen molar-refractivity contribution in [3.05, 3.63) is 33.1 Å². The summed E-state index contributed by atoms with van der Waals surface area (Å²) in [5.41, 5.74) is -1.28. The highest BCUT2D eigenvalue weighted by molar-refractivity contribution is 4.98. The number of H-pyrrole nitrogens is 1. The van der Waals surface area contributed by atoms with E-state index >= 15 is 0 Å². The number of hydrogen-bond acceptors (Lipinski definition) is 7. The Morgan fingerprint density at radius 3 is 2.70 bits per heavy atom. The van der Waals surface area contributed by atoms with E-state index in [1.807, 2.05) is 0 Å². The van der Waals surface area contributed by atoms with Crippen LogP contribution in [0.1, 0.15) is 6.23 Å². The quantitative estimate of drug-likeness (QED) is 0.573. The van der Waals surface area contributed by atoms with Crippen molar-refractivity contribution >= 4 is 0 Å². The zero-order chi connectivity index (χ0) is 14.9. The average Bonchev–Trinajstić information content (AvgIpc) is 2.71. The number of methoxy groups -OCH3 is 2. The fourth-order valence-corrected chi connectivity index (χ4v) is 2.20. The van der Waals surface area contributed by atoms with Crippen LogP contribution in [0.3, 0.4) is 0 Å². The first kappa shape index (κ1) is 14.9. The number of aromatic nitrogens is 2. The van der Waals surface area contributed by atoms with E-state index in [9.17, 15) is 19.8 Å². The Hall–Kier alpha value is -1.52. The van der Waals surface area contributed by atoms with Gasteiger partial charge >= 0.3 is 5.69 Å². The van der Waals surface area contributed by atoms with Crippen molar-refractivity contribution in [2.45, 2.75) is 24.2 Å². The van der Waals surface area contributed by atoms with E-state index in [0.29, 0.717) is 0 Å². The van der Waals surface area contributed by atoms with E-state index in [1.165, 1.54) is 20.4 Å². The van der Waals surface area contributed by atoms with Crippen molar-refractivity contribution in [1.29, 1.82) is 0 Å². The first-order valence-electron chi connectivity index (χ1n) is 5.85. The van der Waals surface area contributed by atoms with Crippen LogP contribution >= 0.6 is 0 Å². The first-order chi connectivity index (χ1) is 9.49. The van der Waals surface area contributed by atoms with Crippen LogP contribution < -0.4 is 11.2 Å². The molecule has 0 saturated carbocycles. The molecule has 2 heterocycles. The third-order valence-electron chi connectivity index (χ3n) is 3.33. The molecule has 1 saturated heterocycles. The highest BCUT2D eigenvalue weighted by Crippen LogP contribution is 2.38. The first-order valence-corrected chi connectivity index (χ1v) is 5.85. The average molecular weight is 288 g/mol. The third kappa shape index (κ3) is 2.19. The topological polar surface area (TPSA) is 123 Å². The lowest BCUT2D eigenvalue weighted by molar-refractivity contribution is -0.269. The summed E-state index contributed by atoms with van der Waals surface area (Å²) in [7, 11) is 2.58. The molecule has 20 heavy (non-hydrogen) atoms. The minimum atomic E-state index is -1.69. The van der Waals surface area contributed by atoms with Gasteiger partial charge in [-0.05, 0) is 0 Å². The Bertz CT molecular complexity index is 577. The summed E-state index contributed by atoms with van der Waals surface area (Å²) in [6.45, 7) is -0.626. The molecule has 4 atom stereocenters. The van der Waals surface area contributed by atoms with Gasteiger partial charge in [0, 0.05) is 26.5 Å². The Kier molecular flexibility index (Phi) is 4.06.